The van der Waals surface area contributed by atoms with E-state index in [1.54, 1.807) is 48.6 Å². The molecule has 0 spiro atoms. The van der Waals surface area contributed by atoms with Crippen molar-refractivity contribution in [1.29, 1.82) is 0 Å². The number of aryl methyl sites for hydroxylation is 1. The number of hydrogen-bond donors (Lipinski definition) is 1. The molecule has 2 aromatic carbocycles. The Morgan fingerprint density at radius 1 is 1.16 bits per heavy atom. The van der Waals surface area contributed by atoms with E-state index in [9.17, 15) is 8.42 Å². The number of rotatable bonds is 5. The largest absolute Gasteiger partial charge is 0.392 e. The third-order valence-corrected chi connectivity index (χ3v) is 6.62. The van der Waals surface area contributed by atoms with Crippen molar-refractivity contribution in [3.05, 3.63) is 76.8 Å². The summed E-state index contributed by atoms with van der Waals surface area (Å²) < 4.78 is 27.4. The van der Waals surface area contributed by atoms with E-state index in [-0.39, 0.29) is 23.5 Å². The highest BCUT2D eigenvalue weighted by Gasteiger charge is 2.45. The highest BCUT2D eigenvalue weighted by molar-refractivity contribution is 7.89. The summed E-state index contributed by atoms with van der Waals surface area (Å²) in [6.07, 6.45) is 3.35. The predicted molar refractivity (Wildman–Crippen MR) is 99.3 cm³/mol. The molecule has 4 nitrogen and oxygen atoms in total. The van der Waals surface area contributed by atoms with Crippen LogP contribution >= 0.6 is 11.6 Å². The lowest BCUT2D eigenvalue weighted by Crippen LogP contribution is -2.56. The van der Waals surface area contributed by atoms with E-state index in [2.05, 4.69) is 0 Å². The van der Waals surface area contributed by atoms with Gasteiger partial charge in [0.05, 0.1) is 17.5 Å². The lowest BCUT2D eigenvalue weighted by atomic mass is 9.84. The van der Waals surface area contributed by atoms with Gasteiger partial charge in [-0.3, -0.25) is 0 Å². The molecule has 1 aliphatic rings. The zero-order valence-electron chi connectivity index (χ0n) is 13.8. The van der Waals surface area contributed by atoms with Crippen LogP contribution in [0.15, 0.2) is 65.6 Å². The van der Waals surface area contributed by atoms with Crippen molar-refractivity contribution in [3.63, 3.8) is 0 Å². The van der Waals surface area contributed by atoms with Gasteiger partial charge in [-0.15, -0.1) is 0 Å². The van der Waals surface area contributed by atoms with Crippen molar-refractivity contribution in [2.24, 2.45) is 0 Å². The van der Waals surface area contributed by atoms with Crippen LogP contribution in [0.5, 0.6) is 0 Å². The summed E-state index contributed by atoms with van der Waals surface area (Å²) in [5, 5.41) is 9.74. The first-order chi connectivity index (χ1) is 11.9. The number of benzene rings is 2. The van der Waals surface area contributed by atoms with Crippen LogP contribution in [0.1, 0.15) is 17.0 Å². The number of sulfonamides is 1. The predicted octanol–water partition coefficient (Wildman–Crippen LogP) is 3.35. The van der Waals surface area contributed by atoms with Crippen molar-refractivity contribution in [2.45, 2.75) is 23.8 Å². The number of nitrogens with zero attached hydrogens (tertiary/aromatic N) is 1. The molecule has 132 valence electrons. The van der Waals surface area contributed by atoms with Crippen LogP contribution in [0.25, 0.3) is 0 Å². The van der Waals surface area contributed by atoms with Crippen molar-refractivity contribution in [1.82, 2.24) is 4.31 Å². The molecule has 0 bridgehead atoms. The highest BCUT2D eigenvalue weighted by atomic mass is 35.5. The summed E-state index contributed by atoms with van der Waals surface area (Å²) in [4.78, 5) is 0.287. The third-order valence-electron chi connectivity index (χ3n) is 4.49. The average molecular weight is 378 g/mol. The fourth-order valence-corrected chi connectivity index (χ4v) is 4.80. The van der Waals surface area contributed by atoms with Crippen LogP contribution in [0.4, 0.5) is 0 Å². The van der Waals surface area contributed by atoms with Gasteiger partial charge in [-0.25, -0.2) is 8.42 Å². The molecular formula is C19H20ClNO3S. The number of halogens is 1. The maximum Gasteiger partial charge on any atom is 0.243 e. The van der Waals surface area contributed by atoms with Crippen LogP contribution in [0.2, 0.25) is 5.02 Å². The van der Waals surface area contributed by atoms with E-state index in [1.165, 1.54) is 4.31 Å². The molecule has 0 aliphatic carbocycles. The fraction of sp³-hybridized carbons (Fsp3) is 0.263. The van der Waals surface area contributed by atoms with Gasteiger partial charge in [-0.05, 0) is 36.8 Å². The average Bonchev–Trinajstić information content (AvgIpc) is 2.56. The fourth-order valence-electron chi connectivity index (χ4n) is 3.03. The molecule has 6 heteroatoms. The van der Waals surface area contributed by atoms with Gasteiger partial charge in [0.1, 0.15) is 0 Å². The van der Waals surface area contributed by atoms with Crippen molar-refractivity contribution >= 4 is 21.6 Å². The SMILES string of the molecule is Cc1ccc(S(=O)(=O)N2C[C@@H](c3ccc(Cl)cc3)[C@H]2/C=C/CO)cc1. The Morgan fingerprint density at radius 3 is 2.40 bits per heavy atom. The van der Waals surface area contributed by atoms with Gasteiger partial charge in [0.2, 0.25) is 10.0 Å². The Labute approximate surface area is 153 Å². The smallest absolute Gasteiger partial charge is 0.243 e. The second-order valence-corrected chi connectivity index (χ2v) is 8.47. The molecule has 2 atom stereocenters. The van der Waals surface area contributed by atoms with Crippen LogP contribution in [0.3, 0.4) is 0 Å². The van der Waals surface area contributed by atoms with E-state index < -0.39 is 10.0 Å². The number of hydrogen-bond acceptors (Lipinski definition) is 3. The maximum absolute atomic E-state index is 12.9. The van der Waals surface area contributed by atoms with Gasteiger partial charge in [-0.1, -0.05) is 53.6 Å². The molecule has 0 aromatic heterocycles. The molecule has 0 unspecified atom stereocenters. The van der Waals surface area contributed by atoms with Crippen LogP contribution in [0, 0.1) is 6.92 Å². The molecule has 1 aliphatic heterocycles. The van der Waals surface area contributed by atoms with E-state index in [0.29, 0.717) is 11.6 Å². The summed E-state index contributed by atoms with van der Waals surface area (Å²) in [7, 11) is -3.57. The van der Waals surface area contributed by atoms with Gasteiger partial charge >= 0.3 is 0 Å². The molecule has 3 rings (SSSR count). The van der Waals surface area contributed by atoms with Crippen molar-refractivity contribution in [2.75, 3.05) is 13.2 Å². The summed E-state index contributed by atoms with van der Waals surface area (Å²) in [6, 6.07) is 14.0. The summed E-state index contributed by atoms with van der Waals surface area (Å²) in [5.41, 5.74) is 2.05. The minimum Gasteiger partial charge on any atom is -0.392 e. The first-order valence-electron chi connectivity index (χ1n) is 8.05. The van der Waals surface area contributed by atoms with Gasteiger partial charge < -0.3 is 5.11 Å². The van der Waals surface area contributed by atoms with E-state index in [0.717, 1.165) is 11.1 Å². The van der Waals surface area contributed by atoms with Gasteiger partial charge in [-0.2, -0.15) is 4.31 Å². The van der Waals surface area contributed by atoms with Gasteiger partial charge in [0.25, 0.3) is 0 Å². The summed E-state index contributed by atoms with van der Waals surface area (Å²) in [6.45, 7) is 2.20. The van der Waals surface area contributed by atoms with E-state index >= 15 is 0 Å². The van der Waals surface area contributed by atoms with Gasteiger partial charge in [0.15, 0.2) is 0 Å². The second-order valence-electron chi connectivity index (χ2n) is 6.15. The normalized spacial score (nSPS) is 21.4. The molecule has 1 N–H and O–H groups in total. The first-order valence-corrected chi connectivity index (χ1v) is 9.87. The minimum atomic E-state index is -3.57. The zero-order valence-corrected chi connectivity index (χ0v) is 15.4. The monoisotopic (exact) mass is 377 g/mol. The summed E-state index contributed by atoms with van der Waals surface area (Å²) >= 11 is 5.94. The molecule has 2 aromatic rings. The Bertz CT molecular complexity index is 861. The lowest BCUT2D eigenvalue weighted by Gasteiger charge is -2.45. The maximum atomic E-state index is 12.9. The molecule has 1 fully saturated rings. The molecular weight excluding hydrogens is 358 g/mol. The topological polar surface area (TPSA) is 57.6 Å². The first kappa shape index (κ1) is 18.1. The number of aliphatic hydroxyl groups excluding tert-OH is 1. The lowest BCUT2D eigenvalue weighted by molar-refractivity contribution is 0.198. The zero-order chi connectivity index (χ0) is 18.0. The molecule has 1 heterocycles. The Morgan fingerprint density at radius 2 is 1.80 bits per heavy atom. The molecule has 25 heavy (non-hydrogen) atoms. The van der Waals surface area contributed by atoms with Crippen LogP contribution in [-0.4, -0.2) is 37.0 Å². The molecule has 0 saturated carbocycles. The van der Waals surface area contributed by atoms with Crippen molar-refractivity contribution in [3.8, 4) is 0 Å². The van der Waals surface area contributed by atoms with E-state index in [4.69, 9.17) is 16.7 Å². The highest BCUT2D eigenvalue weighted by Crippen LogP contribution is 2.39. The molecule has 0 amide bonds. The Kier molecular flexibility index (Phi) is 5.29. The molecule has 1 saturated heterocycles. The molecule has 0 radical (unpaired) electrons. The van der Waals surface area contributed by atoms with Crippen molar-refractivity contribution < 1.29 is 13.5 Å². The standard InChI is InChI=1S/C19H20ClNO3S/c1-14-4-10-17(11-5-14)25(23,24)21-13-18(19(21)3-2-12-22)15-6-8-16(20)9-7-15/h2-11,18-19,22H,12-13H2,1H3/b3-2+/t18-,19+/m0/s1. The van der Waals surface area contributed by atoms with Crippen LogP contribution in [-0.2, 0) is 10.0 Å². The number of aliphatic hydroxyl groups is 1. The second kappa shape index (κ2) is 7.30. The van der Waals surface area contributed by atoms with Crippen LogP contribution < -0.4 is 0 Å². The van der Waals surface area contributed by atoms with Gasteiger partial charge in [0, 0.05) is 17.5 Å². The quantitative estimate of drug-likeness (QED) is 0.813. The van der Waals surface area contributed by atoms with E-state index in [1.807, 2.05) is 19.1 Å². The Hall–Kier alpha value is -1.66. The minimum absolute atomic E-state index is 0.0419. The third kappa shape index (κ3) is 3.65. The summed E-state index contributed by atoms with van der Waals surface area (Å²) in [5.74, 6) is 0.0419. The Balaban J connectivity index is 1.90.